The molecule has 98 valence electrons. The normalized spacial score (nSPS) is 22.4. The van der Waals surface area contributed by atoms with Crippen molar-refractivity contribution in [2.75, 3.05) is 13.6 Å². The lowest BCUT2D eigenvalue weighted by molar-refractivity contribution is -0.130. The van der Waals surface area contributed by atoms with Gasteiger partial charge in [-0.1, -0.05) is 29.8 Å². The predicted octanol–water partition coefficient (Wildman–Crippen LogP) is 3.01. The Morgan fingerprint density at radius 2 is 1.94 bits per heavy atom. The molecule has 1 aliphatic rings. The molecule has 0 unspecified atom stereocenters. The first-order valence-electron chi connectivity index (χ1n) is 6.48. The Labute approximate surface area is 114 Å². The van der Waals surface area contributed by atoms with Crippen LogP contribution in [0.2, 0.25) is 0 Å². The SMILES string of the molecule is Cc1ccc(CC(=O)N(C)CC2CC(Cl)C2)cc1. The van der Waals surface area contributed by atoms with E-state index in [1.54, 1.807) is 0 Å². The molecule has 3 heteroatoms. The number of amides is 1. The Hall–Kier alpha value is -1.02. The van der Waals surface area contributed by atoms with Gasteiger partial charge in [-0.15, -0.1) is 11.6 Å². The summed E-state index contributed by atoms with van der Waals surface area (Å²) in [6.45, 7) is 2.89. The average molecular weight is 266 g/mol. The molecule has 1 amide bonds. The number of carbonyl (C=O) groups is 1. The van der Waals surface area contributed by atoms with Crippen LogP contribution in [-0.4, -0.2) is 29.8 Å². The Bertz CT molecular complexity index is 409. The molecule has 1 aromatic carbocycles. The number of carbonyl (C=O) groups excluding carboxylic acids is 1. The number of likely N-dealkylation sites (N-methyl/N-ethyl adjacent to an activating group) is 1. The fourth-order valence-electron chi connectivity index (χ4n) is 2.31. The molecule has 2 nitrogen and oxygen atoms in total. The summed E-state index contributed by atoms with van der Waals surface area (Å²) in [5.74, 6) is 0.788. The number of nitrogens with zero attached hydrogens (tertiary/aromatic N) is 1. The van der Waals surface area contributed by atoms with Gasteiger partial charge in [0.05, 0.1) is 6.42 Å². The van der Waals surface area contributed by atoms with Gasteiger partial charge in [-0.05, 0) is 31.2 Å². The maximum Gasteiger partial charge on any atom is 0.226 e. The van der Waals surface area contributed by atoms with Crippen molar-refractivity contribution in [1.29, 1.82) is 0 Å². The molecule has 18 heavy (non-hydrogen) atoms. The minimum Gasteiger partial charge on any atom is -0.345 e. The molecule has 1 aliphatic carbocycles. The Morgan fingerprint density at radius 1 is 1.33 bits per heavy atom. The second-order valence-electron chi connectivity index (χ2n) is 5.37. The highest BCUT2D eigenvalue weighted by atomic mass is 35.5. The van der Waals surface area contributed by atoms with E-state index >= 15 is 0 Å². The van der Waals surface area contributed by atoms with Gasteiger partial charge < -0.3 is 4.90 Å². The first kappa shape index (κ1) is 13.4. The van der Waals surface area contributed by atoms with Crippen molar-refractivity contribution < 1.29 is 4.79 Å². The molecule has 1 saturated carbocycles. The van der Waals surface area contributed by atoms with E-state index in [0.717, 1.165) is 24.9 Å². The molecule has 0 aromatic heterocycles. The number of aryl methyl sites for hydroxylation is 1. The smallest absolute Gasteiger partial charge is 0.226 e. The molecule has 0 N–H and O–H groups in total. The van der Waals surface area contributed by atoms with Crippen LogP contribution >= 0.6 is 11.6 Å². The van der Waals surface area contributed by atoms with Gasteiger partial charge in [0, 0.05) is 19.0 Å². The summed E-state index contributed by atoms with van der Waals surface area (Å²) in [5.41, 5.74) is 2.31. The van der Waals surface area contributed by atoms with Gasteiger partial charge in [-0.2, -0.15) is 0 Å². The van der Waals surface area contributed by atoms with Crippen LogP contribution in [0.3, 0.4) is 0 Å². The number of rotatable bonds is 4. The van der Waals surface area contributed by atoms with Crippen LogP contribution in [0.4, 0.5) is 0 Å². The highest BCUT2D eigenvalue weighted by Gasteiger charge is 2.28. The molecule has 0 saturated heterocycles. The van der Waals surface area contributed by atoms with E-state index in [0.29, 0.717) is 17.7 Å². The monoisotopic (exact) mass is 265 g/mol. The first-order chi connectivity index (χ1) is 8.54. The van der Waals surface area contributed by atoms with Crippen molar-refractivity contribution >= 4 is 17.5 Å². The van der Waals surface area contributed by atoms with E-state index < -0.39 is 0 Å². The topological polar surface area (TPSA) is 20.3 Å². The molecule has 0 aliphatic heterocycles. The van der Waals surface area contributed by atoms with Crippen molar-refractivity contribution in [2.45, 2.75) is 31.6 Å². The standard InChI is InChI=1S/C15H20ClNO/c1-11-3-5-12(6-4-11)9-15(18)17(2)10-13-7-14(16)8-13/h3-6,13-14H,7-10H2,1-2H3. The average Bonchev–Trinajstić information content (AvgIpc) is 2.30. The van der Waals surface area contributed by atoms with Gasteiger partial charge >= 0.3 is 0 Å². The first-order valence-corrected chi connectivity index (χ1v) is 6.92. The number of hydrogen-bond acceptors (Lipinski definition) is 1. The van der Waals surface area contributed by atoms with Crippen LogP contribution in [0, 0.1) is 12.8 Å². The number of alkyl halides is 1. The van der Waals surface area contributed by atoms with Crippen molar-refractivity contribution in [3.63, 3.8) is 0 Å². The van der Waals surface area contributed by atoms with Crippen LogP contribution in [0.15, 0.2) is 24.3 Å². The highest BCUT2D eigenvalue weighted by Crippen LogP contribution is 2.32. The fourth-order valence-corrected chi connectivity index (χ4v) is 2.81. The van der Waals surface area contributed by atoms with Crippen molar-refractivity contribution in [1.82, 2.24) is 4.90 Å². The van der Waals surface area contributed by atoms with E-state index in [1.165, 1.54) is 5.56 Å². The maximum atomic E-state index is 12.0. The second kappa shape index (κ2) is 5.75. The third kappa shape index (κ3) is 3.49. The summed E-state index contributed by atoms with van der Waals surface area (Å²) >= 11 is 5.95. The molecule has 0 heterocycles. The minimum atomic E-state index is 0.192. The van der Waals surface area contributed by atoms with Gasteiger partial charge in [0.2, 0.25) is 5.91 Å². The molecule has 0 atom stereocenters. The fraction of sp³-hybridized carbons (Fsp3) is 0.533. The third-order valence-electron chi connectivity index (χ3n) is 3.61. The van der Waals surface area contributed by atoms with Crippen molar-refractivity contribution in [3.8, 4) is 0 Å². The molecule has 0 spiro atoms. The zero-order chi connectivity index (χ0) is 13.1. The minimum absolute atomic E-state index is 0.192. The predicted molar refractivity (Wildman–Crippen MR) is 74.9 cm³/mol. The number of hydrogen-bond donors (Lipinski definition) is 0. The van der Waals surface area contributed by atoms with Gasteiger partial charge in [0.1, 0.15) is 0 Å². The number of halogens is 1. The lowest BCUT2D eigenvalue weighted by atomic mass is 9.84. The van der Waals surface area contributed by atoms with Crippen molar-refractivity contribution in [3.05, 3.63) is 35.4 Å². The Balaban J connectivity index is 1.81. The summed E-state index contributed by atoms with van der Waals surface area (Å²) in [5, 5.41) is 0.329. The van der Waals surface area contributed by atoms with Gasteiger partial charge in [-0.3, -0.25) is 4.79 Å². The summed E-state index contributed by atoms with van der Waals surface area (Å²) in [6, 6.07) is 8.15. The molecule has 1 fully saturated rings. The zero-order valence-electron chi connectivity index (χ0n) is 11.0. The van der Waals surface area contributed by atoms with E-state index in [9.17, 15) is 4.79 Å². The molecule has 0 bridgehead atoms. The van der Waals surface area contributed by atoms with Crippen LogP contribution in [-0.2, 0) is 11.2 Å². The molecule has 2 rings (SSSR count). The van der Waals surface area contributed by atoms with E-state index in [4.69, 9.17) is 11.6 Å². The van der Waals surface area contributed by atoms with E-state index in [2.05, 4.69) is 6.92 Å². The van der Waals surface area contributed by atoms with Gasteiger partial charge in [0.15, 0.2) is 0 Å². The highest BCUT2D eigenvalue weighted by molar-refractivity contribution is 6.21. The van der Waals surface area contributed by atoms with Gasteiger partial charge in [0.25, 0.3) is 0 Å². The van der Waals surface area contributed by atoms with Crippen molar-refractivity contribution in [2.24, 2.45) is 5.92 Å². The lowest BCUT2D eigenvalue weighted by Gasteiger charge is -2.34. The third-order valence-corrected chi connectivity index (χ3v) is 3.97. The maximum absolute atomic E-state index is 12.0. The quantitative estimate of drug-likeness (QED) is 0.767. The Kier molecular flexibility index (Phi) is 4.28. The van der Waals surface area contributed by atoms with Crippen LogP contribution in [0.25, 0.3) is 0 Å². The lowest BCUT2D eigenvalue weighted by Crippen LogP contribution is -2.38. The van der Waals surface area contributed by atoms with Crippen LogP contribution in [0.5, 0.6) is 0 Å². The molecular weight excluding hydrogens is 246 g/mol. The largest absolute Gasteiger partial charge is 0.345 e. The summed E-state index contributed by atoms with van der Waals surface area (Å²) in [6.07, 6.45) is 2.58. The Morgan fingerprint density at radius 3 is 2.50 bits per heavy atom. The van der Waals surface area contributed by atoms with Gasteiger partial charge in [-0.25, -0.2) is 0 Å². The number of benzene rings is 1. The molecular formula is C15H20ClNO. The summed E-state index contributed by atoms with van der Waals surface area (Å²) < 4.78 is 0. The van der Waals surface area contributed by atoms with Crippen LogP contribution in [0.1, 0.15) is 24.0 Å². The molecule has 1 aromatic rings. The zero-order valence-corrected chi connectivity index (χ0v) is 11.8. The summed E-state index contributed by atoms with van der Waals surface area (Å²) in [7, 11) is 1.89. The van der Waals surface area contributed by atoms with Crippen LogP contribution < -0.4 is 0 Å². The second-order valence-corrected chi connectivity index (χ2v) is 5.99. The summed E-state index contributed by atoms with van der Waals surface area (Å²) in [4.78, 5) is 13.9. The van der Waals surface area contributed by atoms with E-state index in [1.807, 2.05) is 36.2 Å². The molecule has 0 radical (unpaired) electrons. The van der Waals surface area contributed by atoms with E-state index in [-0.39, 0.29) is 5.91 Å².